The first-order valence-electron chi connectivity index (χ1n) is 8.76. The Kier molecular flexibility index (Phi) is 6.71. The quantitative estimate of drug-likeness (QED) is 0.645. The average molecular weight is 365 g/mol. The highest BCUT2D eigenvalue weighted by molar-refractivity contribution is 6.31. The monoisotopic (exact) mass is 364 g/mol. The van der Waals surface area contributed by atoms with E-state index in [2.05, 4.69) is 10.3 Å². The van der Waals surface area contributed by atoms with Crippen molar-refractivity contribution in [3.63, 3.8) is 0 Å². The molecular formula is C19H29ClN4O. The Morgan fingerprint density at radius 1 is 1.24 bits per heavy atom. The minimum absolute atomic E-state index is 0.210. The van der Waals surface area contributed by atoms with Gasteiger partial charge in [0.1, 0.15) is 0 Å². The molecule has 1 aromatic carbocycles. The molecule has 1 saturated carbocycles. The maximum Gasteiger partial charge on any atom is 0.230 e. The van der Waals surface area contributed by atoms with Gasteiger partial charge in [-0.15, -0.1) is 0 Å². The van der Waals surface area contributed by atoms with Gasteiger partial charge in [-0.1, -0.05) is 42.6 Å². The maximum atomic E-state index is 12.7. The maximum absolute atomic E-state index is 12.7. The Hall–Kier alpha value is -1.75. The number of halogens is 1. The molecule has 0 saturated heterocycles. The summed E-state index contributed by atoms with van der Waals surface area (Å²) in [5.74, 6) is 0.986. The molecule has 1 amide bonds. The van der Waals surface area contributed by atoms with Gasteiger partial charge in [0, 0.05) is 46.3 Å². The summed E-state index contributed by atoms with van der Waals surface area (Å²) in [5, 5.41) is 4.16. The fraction of sp³-hybridized carbons (Fsp3) is 0.579. The Balaban J connectivity index is 2.03. The lowest BCUT2D eigenvalue weighted by Crippen LogP contribution is -2.49. The molecule has 0 bridgehead atoms. The molecule has 0 spiro atoms. The third kappa shape index (κ3) is 4.66. The van der Waals surface area contributed by atoms with Crippen LogP contribution in [-0.2, 0) is 11.3 Å². The largest absolute Gasteiger partial charge is 0.355 e. The molecule has 25 heavy (non-hydrogen) atoms. The normalized spacial score (nSPS) is 16.6. The lowest BCUT2D eigenvalue weighted by molar-refractivity contribution is -0.138. The molecule has 1 aromatic rings. The Bertz CT molecular complexity index is 624. The van der Waals surface area contributed by atoms with Crippen molar-refractivity contribution >= 4 is 23.5 Å². The second kappa shape index (κ2) is 8.56. The smallest absolute Gasteiger partial charge is 0.230 e. The first kappa shape index (κ1) is 19.6. The number of hydrogen-bond acceptors (Lipinski definition) is 2. The number of carbonyl (C=O) groups is 1. The molecule has 1 fully saturated rings. The van der Waals surface area contributed by atoms with Crippen LogP contribution < -0.4 is 5.32 Å². The molecule has 0 heterocycles. The first-order valence-corrected chi connectivity index (χ1v) is 9.14. The molecule has 0 radical (unpaired) electrons. The minimum Gasteiger partial charge on any atom is -0.355 e. The number of nitrogens with zero attached hydrogens (tertiary/aromatic N) is 3. The number of benzene rings is 1. The second-order valence-corrected chi connectivity index (χ2v) is 7.44. The molecule has 1 aliphatic rings. The van der Waals surface area contributed by atoms with Gasteiger partial charge in [-0.25, -0.2) is 0 Å². The highest BCUT2D eigenvalue weighted by atomic mass is 35.5. The van der Waals surface area contributed by atoms with Gasteiger partial charge >= 0.3 is 0 Å². The van der Waals surface area contributed by atoms with Crippen molar-refractivity contribution in [2.75, 3.05) is 34.7 Å². The predicted octanol–water partition coefficient (Wildman–Crippen LogP) is 3.00. The molecule has 5 nitrogen and oxygen atoms in total. The summed E-state index contributed by atoms with van der Waals surface area (Å²) in [6.45, 7) is 1.28. The van der Waals surface area contributed by atoms with E-state index in [9.17, 15) is 4.79 Å². The first-order chi connectivity index (χ1) is 11.9. The van der Waals surface area contributed by atoms with E-state index in [1.165, 1.54) is 0 Å². The van der Waals surface area contributed by atoms with Gasteiger partial charge in [0.05, 0.1) is 5.41 Å². The standard InChI is InChI=1S/C19H29ClN4O/c1-21-18(24(4)13-15-9-5-6-10-16(15)20)22-14-19(11-7-8-12-19)17(25)23(2)3/h5-6,9-10H,7-8,11-14H2,1-4H3,(H,21,22). The lowest BCUT2D eigenvalue weighted by Gasteiger charge is -2.32. The number of guanidine groups is 1. The number of amides is 1. The zero-order valence-corrected chi connectivity index (χ0v) is 16.4. The van der Waals surface area contributed by atoms with Crippen LogP contribution in [0.25, 0.3) is 0 Å². The van der Waals surface area contributed by atoms with Crippen LogP contribution in [0.4, 0.5) is 0 Å². The van der Waals surface area contributed by atoms with Gasteiger partial charge in [0.25, 0.3) is 0 Å². The number of rotatable bonds is 5. The fourth-order valence-corrected chi connectivity index (χ4v) is 3.78. The summed E-state index contributed by atoms with van der Waals surface area (Å²) in [6.07, 6.45) is 4.08. The Labute approximate surface area is 156 Å². The van der Waals surface area contributed by atoms with Crippen LogP contribution in [0.2, 0.25) is 5.02 Å². The fourth-order valence-electron chi connectivity index (χ4n) is 3.58. The van der Waals surface area contributed by atoms with Crippen LogP contribution in [0, 0.1) is 5.41 Å². The molecular weight excluding hydrogens is 336 g/mol. The van der Waals surface area contributed by atoms with Gasteiger partial charge in [0.2, 0.25) is 5.91 Å². The van der Waals surface area contributed by atoms with Gasteiger partial charge in [-0.05, 0) is 24.5 Å². The van der Waals surface area contributed by atoms with Gasteiger partial charge in [-0.2, -0.15) is 0 Å². The summed E-state index contributed by atoms with van der Waals surface area (Å²) in [4.78, 5) is 20.8. The molecule has 2 rings (SSSR count). The summed E-state index contributed by atoms with van der Waals surface area (Å²) >= 11 is 6.26. The Morgan fingerprint density at radius 2 is 1.88 bits per heavy atom. The van der Waals surface area contributed by atoms with E-state index in [1.807, 2.05) is 50.3 Å². The molecule has 1 aliphatic carbocycles. The molecule has 0 aliphatic heterocycles. The lowest BCUT2D eigenvalue weighted by atomic mass is 9.84. The van der Waals surface area contributed by atoms with E-state index in [4.69, 9.17) is 11.6 Å². The van der Waals surface area contributed by atoms with Crippen LogP contribution in [0.15, 0.2) is 29.3 Å². The van der Waals surface area contributed by atoms with Crippen LogP contribution in [-0.4, -0.2) is 56.4 Å². The van der Waals surface area contributed by atoms with E-state index in [0.717, 1.165) is 42.2 Å². The minimum atomic E-state index is -0.315. The van der Waals surface area contributed by atoms with Gasteiger partial charge < -0.3 is 15.1 Å². The molecule has 1 N–H and O–H groups in total. The van der Waals surface area contributed by atoms with Crippen LogP contribution in [0.1, 0.15) is 31.2 Å². The molecule has 0 atom stereocenters. The summed E-state index contributed by atoms with van der Waals surface area (Å²) in [7, 11) is 7.41. The van der Waals surface area contributed by atoms with Crippen molar-refractivity contribution < 1.29 is 4.79 Å². The van der Waals surface area contributed by atoms with Crippen molar-refractivity contribution in [2.45, 2.75) is 32.2 Å². The van der Waals surface area contributed by atoms with E-state index in [0.29, 0.717) is 13.1 Å². The molecule has 138 valence electrons. The number of aliphatic imine (C=N–C) groups is 1. The van der Waals surface area contributed by atoms with Crippen molar-refractivity contribution in [3.8, 4) is 0 Å². The van der Waals surface area contributed by atoms with E-state index in [1.54, 1.807) is 11.9 Å². The van der Waals surface area contributed by atoms with Crippen molar-refractivity contribution in [3.05, 3.63) is 34.9 Å². The van der Waals surface area contributed by atoms with Crippen LogP contribution in [0.3, 0.4) is 0 Å². The highest BCUT2D eigenvalue weighted by Gasteiger charge is 2.42. The van der Waals surface area contributed by atoms with Gasteiger partial charge in [0.15, 0.2) is 5.96 Å². The summed E-state index contributed by atoms with van der Waals surface area (Å²) in [5.41, 5.74) is 0.736. The predicted molar refractivity (Wildman–Crippen MR) is 104 cm³/mol. The molecule has 0 unspecified atom stereocenters. The third-order valence-electron chi connectivity index (χ3n) is 4.94. The highest BCUT2D eigenvalue weighted by Crippen LogP contribution is 2.39. The number of nitrogens with one attached hydrogen (secondary N) is 1. The van der Waals surface area contributed by atoms with Gasteiger partial charge in [-0.3, -0.25) is 9.79 Å². The van der Waals surface area contributed by atoms with Crippen molar-refractivity contribution in [2.24, 2.45) is 10.4 Å². The number of hydrogen-bond donors (Lipinski definition) is 1. The van der Waals surface area contributed by atoms with E-state index >= 15 is 0 Å². The SMILES string of the molecule is CN=C(NCC1(C(=O)N(C)C)CCCC1)N(C)Cc1ccccc1Cl. The van der Waals surface area contributed by atoms with Crippen molar-refractivity contribution in [1.82, 2.24) is 15.1 Å². The summed E-state index contributed by atoms with van der Waals surface area (Å²) < 4.78 is 0. The number of carbonyl (C=O) groups excluding carboxylic acids is 1. The molecule has 6 heteroatoms. The summed E-state index contributed by atoms with van der Waals surface area (Å²) in [6, 6.07) is 7.81. The Morgan fingerprint density at radius 3 is 2.44 bits per heavy atom. The average Bonchev–Trinajstić information content (AvgIpc) is 3.06. The van der Waals surface area contributed by atoms with Crippen LogP contribution in [0.5, 0.6) is 0 Å². The zero-order chi connectivity index (χ0) is 18.4. The van der Waals surface area contributed by atoms with Crippen molar-refractivity contribution in [1.29, 1.82) is 0 Å². The zero-order valence-electron chi connectivity index (χ0n) is 15.7. The van der Waals surface area contributed by atoms with Crippen LogP contribution >= 0.6 is 11.6 Å². The third-order valence-corrected chi connectivity index (χ3v) is 5.31. The van der Waals surface area contributed by atoms with E-state index in [-0.39, 0.29) is 11.3 Å². The molecule has 0 aromatic heterocycles. The second-order valence-electron chi connectivity index (χ2n) is 7.04. The topological polar surface area (TPSA) is 47.9 Å². The van der Waals surface area contributed by atoms with E-state index < -0.39 is 0 Å².